The second-order valence-corrected chi connectivity index (χ2v) is 6.52. The van der Waals surface area contributed by atoms with Crippen LogP contribution in [0.5, 0.6) is 5.75 Å². The van der Waals surface area contributed by atoms with Crippen LogP contribution < -0.4 is 10.1 Å². The molecule has 1 N–H and O–H groups in total. The van der Waals surface area contributed by atoms with Crippen molar-refractivity contribution in [3.8, 4) is 5.75 Å². The van der Waals surface area contributed by atoms with Gasteiger partial charge in [-0.25, -0.2) is 0 Å². The number of amides is 1. The highest BCUT2D eigenvalue weighted by atomic mass is 35.5. The molecule has 5 nitrogen and oxygen atoms in total. The number of nitrogens with zero attached hydrogens (tertiary/aromatic N) is 1. The van der Waals surface area contributed by atoms with Crippen molar-refractivity contribution < 1.29 is 14.3 Å². The molecule has 0 aliphatic carbocycles. The van der Waals surface area contributed by atoms with E-state index in [-0.39, 0.29) is 11.9 Å². The Morgan fingerprint density at radius 3 is 2.88 bits per heavy atom. The standard InChI is InChI=1S/C20H23ClN2O3/c1-25-11-12-26-16-6-4-5-15(13-16)20(24)23-10-9-22-14-19(23)17-7-2-3-8-18(17)21/h2-8,13,19,22H,9-12,14H2,1H3. The second-order valence-electron chi connectivity index (χ2n) is 6.11. The lowest BCUT2D eigenvalue weighted by atomic mass is 10.0. The van der Waals surface area contributed by atoms with Crippen LogP contribution in [0.15, 0.2) is 48.5 Å². The zero-order valence-electron chi connectivity index (χ0n) is 14.8. The Balaban J connectivity index is 1.81. The molecule has 0 aromatic heterocycles. The molecule has 0 radical (unpaired) electrons. The van der Waals surface area contributed by atoms with Crippen molar-refractivity contribution in [2.45, 2.75) is 6.04 Å². The Morgan fingerprint density at radius 2 is 2.08 bits per heavy atom. The summed E-state index contributed by atoms with van der Waals surface area (Å²) in [5.41, 5.74) is 1.57. The van der Waals surface area contributed by atoms with Crippen LogP contribution in [0.2, 0.25) is 5.02 Å². The molecule has 1 amide bonds. The van der Waals surface area contributed by atoms with E-state index in [1.807, 2.05) is 47.4 Å². The maximum absolute atomic E-state index is 13.2. The topological polar surface area (TPSA) is 50.8 Å². The number of halogens is 1. The number of ether oxygens (including phenoxy) is 2. The maximum atomic E-state index is 13.2. The van der Waals surface area contributed by atoms with E-state index in [0.29, 0.717) is 42.6 Å². The summed E-state index contributed by atoms with van der Waals surface area (Å²) < 4.78 is 10.6. The van der Waals surface area contributed by atoms with Gasteiger partial charge in [0.1, 0.15) is 12.4 Å². The van der Waals surface area contributed by atoms with E-state index in [4.69, 9.17) is 21.1 Å². The lowest BCUT2D eigenvalue weighted by Gasteiger charge is -2.37. The normalized spacial score (nSPS) is 17.2. The van der Waals surface area contributed by atoms with Crippen LogP contribution in [-0.2, 0) is 4.74 Å². The Kier molecular flexibility index (Phi) is 6.50. The summed E-state index contributed by atoms with van der Waals surface area (Å²) in [7, 11) is 1.63. The van der Waals surface area contributed by atoms with E-state index in [1.54, 1.807) is 13.2 Å². The van der Waals surface area contributed by atoms with Crippen molar-refractivity contribution in [1.29, 1.82) is 0 Å². The Hall–Kier alpha value is -2.08. The van der Waals surface area contributed by atoms with Gasteiger partial charge in [0.05, 0.1) is 12.6 Å². The molecule has 1 aliphatic heterocycles. The summed E-state index contributed by atoms with van der Waals surface area (Å²) in [6, 6.07) is 14.9. The smallest absolute Gasteiger partial charge is 0.254 e. The van der Waals surface area contributed by atoms with E-state index in [2.05, 4.69) is 5.32 Å². The summed E-state index contributed by atoms with van der Waals surface area (Å²) in [6.45, 7) is 3.02. The van der Waals surface area contributed by atoms with Gasteiger partial charge in [-0.15, -0.1) is 0 Å². The summed E-state index contributed by atoms with van der Waals surface area (Å²) >= 11 is 6.37. The average Bonchev–Trinajstić information content (AvgIpc) is 2.68. The molecule has 0 bridgehead atoms. The van der Waals surface area contributed by atoms with Crippen molar-refractivity contribution in [2.75, 3.05) is 40.0 Å². The van der Waals surface area contributed by atoms with Crippen molar-refractivity contribution in [2.24, 2.45) is 0 Å². The fraction of sp³-hybridized carbons (Fsp3) is 0.350. The summed E-state index contributed by atoms with van der Waals surface area (Å²) in [4.78, 5) is 15.0. The first-order valence-electron chi connectivity index (χ1n) is 8.68. The first kappa shape index (κ1) is 18.7. The second kappa shape index (κ2) is 9.03. The molecule has 2 aromatic carbocycles. The van der Waals surface area contributed by atoms with Crippen LogP contribution in [0, 0.1) is 0 Å². The molecule has 1 heterocycles. The number of carbonyl (C=O) groups excluding carboxylic acids is 1. The van der Waals surface area contributed by atoms with E-state index in [1.165, 1.54) is 0 Å². The molecular weight excluding hydrogens is 352 g/mol. The number of hydrogen-bond acceptors (Lipinski definition) is 4. The van der Waals surface area contributed by atoms with Gasteiger partial charge in [-0.3, -0.25) is 4.79 Å². The van der Waals surface area contributed by atoms with Crippen LogP contribution in [0.1, 0.15) is 22.0 Å². The SMILES string of the molecule is COCCOc1cccc(C(=O)N2CCNCC2c2ccccc2Cl)c1. The van der Waals surface area contributed by atoms with Gasteiger partial charge >= 0.3 is 0 Å². The third-order valence-corrected chi connectivity index (χ3v) is 4.75. The zero-order chi connectivity index (χ0) is 18.4. The summed E-state index contributed by atoms with van der Waals surface area (Å²) in [5, 5.41) is 4.03. The number of hydrogen-bond donors (Lipinski definition) is 1. The van der Waals surface area contributed by atoms with Gasteiger partial charge in [-0.2, -0.15) is 0 Å². The highest BCUT2D eigenvalue weighted by Crippen LogP contribution is 2.30. The molecule has 138 valence electrons. The highest BCUT2D eigenvalue weighted by molar-refractivity contribution is 6.31. The van der Waals surface area contributed by atoms with Gasteiger partial charge in [-0.1, -0.05) is 35.9 Å². The molecule has 0 spiro atoms. The van der Waals surface area contributed by atoms with Crippen LogP contribution in [-0.4, -0.2) is 50.8 Å². The fourth-order valence-electron chi connectivity index (χ4n) is 3.10. The summed E-state index contributed by atoms with van der Waals surface area (Å²) in [6.07, 6.45) is 0. The van der Waals surface area contributed by atoms with Gasteiger partial charge in [0.15, 0.2) is 0 Å². The third kappa shape index (κ3) is 4.36. The van der Waals surface area contributed by atoms with Crippen LogP contribution >= 0.6 is 11.6 Å². The number of benzene rings is 2. The van der Waals surface area contributed by atoms with Gasteiger partial charge < -0.3 is 19.7 Å². The predicted octanol–water partition coefficient (Wildman–Crippen LogP) is 3.15. The Bertz CT molecular complexity index is 753. The minimum absolute atomic E-state index is 0.0198. The lowest BCUT2D eigenvalue weighted by molar-refractivity contribution is 0.0634. The van der Waals surface area contributed by atoms with Crippen molar-refractivity contribution >= 4 is 17.5 Å². The van der Waals surface area contributed by atoms with E-state index < -0.39 is 0 Å². The van der Waals surface area contributed by atoms with Gasteiger partial charge in [0.2, 0.25) is 0 Å². The average molecular weight is 375 g/mol. The molecule has 6 heteroatoms. The number of rotatable bonds is 6. The molecule has 2 aromatic rings. The van der Waals surface area contributed by atoms with E-state index >= 15 is 0 Å². The molecule has 1 unspecified atom stereocenters. The first-order valence-corrected chi connectivity index (χ1v) is 9.06. The molecule has 1 aliphatic rings. The predicted molar refractivity (Wildman–Crippen MR) is 102 cm³/mol. The van der Waals surface area contributed by atoms with Crippen LogP contribution in [0.3, 0.4) is 0 Å². The molecule has 26 heavy (non-hydrogen) atoms. The molecule has 1 atom stereocenters. The molecule has 0 saturated carbocycles. The molecule has 3 rings (SSSR count). The minimum Gasteiger partial charge on any atom is -0.491 e. The minimum atomic E-state index is -0.0944. The number of methoxy groups -OCH3 is 1. The Labute approximate surface area is 158 Å². The fourth-order valence-corrected chi connectivity index (χ4v) is 3.36. The number of nitrogens with one attached hydrogen (secondary N) is 1. The van der Waals surface area contributed by atoms with Crippen molar-refractivity contribution in [3.63, 3.8) is 0 Å². The monoisotopic (exact) mass is 374 g/mol. The van der Waals surface area contributed by atoms with Crippen molar-refractivity contribution in [3.05, 3.63) is 64.7 Å². The highest BCUT2D eigenvalue weighted by Gasteiger charge is 2.29. The van der Waals surface area contributed by atoms with Crippen LogP contribution in [0.4, 0.5) is 0 Å². The van der Waals surface area contributed by atoms with Crippen LogP contribution in [0.25, 0.3) is 0 Å². The Morgan fingerprint density at radius 1 is 1.23 bits per heavy atom. The maximum Gasteiger partial charge on any atom is 0.254 e. The van der Waals surface area contributed by atoms with Gasteiger partial charge in [0, 0.05) is 37.3 Å². The summed E-state index contributed by atoms with van der Waals surface area (Å²) in [5.74, 6) is 0.644. The lowest BCUT2D eigenvalue weighted by Crippen LogP contribution is -2.48. The van der Waals surface area contributed by atoms with E-state index in [0.717, 1.165) is 12.1 Å². The first-order chi connectivity index (χ1) is 12.7. The van der Waals surface area contributed by atoms with Crippen molar-refractivity contribution in [1.82, 2.24) is 10.2 Å². The molecule has 1 fully saturated rings. The van der Waals surface area contributed by atoms with E-state index in [9.17, 15) is 4.79 Å². The number of piperazine rings is 1. The quantitative estimate of drug-likeness (QED) is 0.789. The molecule has 1 saturated heterocycles. The number of carbonyl (C=O) groups is 1. The molecular formula is C20H23ClN2O3. The van der Waals surface area contributed by atoms with Gasteiger partial charge in [0.25, 0.3) is 5.91 Å². The largest absolute Gasteiger partial charge is 0.491 e. The zero-order valence-corrected chi connectivity index (χ0v) is 15.5. The van der Waals surface area contributed by atoms with Gasteiger partial charge in [-0.05, 0) is 29.8 Å². The third-order valence-electron chi connectivity index (χ3n) is 4.41.